The highest BCUT2D eigenvalue weighted by atomic mass is 31.3. The van der Waals surface area contributed by atoms with Crippen molar-refractivity contribution in [3.63, 3.8) is 0 Å². The second kappa shape index (κ2) is 6.74. The van der Waals surface area contributed by atoms with Crippen molar-refractivity contribution in [3.05, 3.63) is 0 Å². The fraction of sp³-hybridized carbons (Fsp3) is 0.833. The van der Waals surface area contributed by atoms with E-state index in [1.54, 1.807) is 0 Å². The van der Waals surface area contributed by atoms with Crippen molar-refractivity contribution in [2.45, 2.75) is 25.3 Å². The van der Waals surface area contributed by atoms with Gasteiger partial charge in [-0.3, -0.25) is 4.79 Å². The number of nitrogens with zero attached hydrogens (tertiary/aromatic N) is 1. The molecule has 0 saturated heterocycles. The highest BCUT2D eigenvalue weighted by molar-refractivity contribution is 7.65. The maximum atomic E-state index is 11.0. The van der Waals surface area contributed by atoms with Crippen molar-refractivity contribution in [1.29, 1.82) is 0 Å². The lowest BCUT2D eigenvalue weighted by molar-refractivity contribution is -0.141. The molecule has 0 amide bonds. The summed E-state index contributed by atoms with van der Waals surface area (Å²) in [7, 11) is -10.8. The normalized spacial score (nSPS) is 14.8. The number of hydrogen-bond acceptors (Lipinski definition) is 4. The molecule has 0 aromatic rings. The van der Waals surface area contributed by atoms with Crippen molar-refractivity contribution in [1.82, 2.24) is 4.44 Å². The molecule has 18 heavy (non-hydrogen) atoms. The topological polar surface area (TPSA) is 182 Å². The minimum absolute atomic E-state index is 0.171. The average Bonchev–Trinajstić information content (AvgIpc) is 2.11. The fourth-order valence-corrected chi connectivity index (χ4v) is 3.70. The SMILES string of the molecule is NCCCC[C@@H](C(=O)O)N(P(=O)(O)O)P(=O)(O)O. The molecule has 0 fully saturated rings. The van der Waals surface area contributed by atoms with Crippen molar-refractivity contribution in [2.75, 3.05) is 6.54 Å². The Labute approximate surface area is 103 Å². The number of carbonyl (C=O) groups is 1. The minimum atomic E-state index is -5.40. The molecule has 7 N–H and O–H groups in total. The first kappa shape index (κ1) is 17.7. The molecule has 0 radical (unpaired) electrons. The summed E-state index contributed by atoms with van der Waals surface area (Å²) in [5.41, 5.74) is 5.17. The maximum absolute atomic E-state index is 11.0. The third-order valence-corrected chi connectivity index (χ3v) is 5.05. The second-order valence-corrected chi connectivity index (χ2v) is 6.72. The van der Waals surface area contributed by atoms with Crippen LogP contribution >= 0.6 is 15.5 Å². The number of unbranched alkanes of at least 4 members (excludes halogenated alkanes) is 1. The summed E-state index contributed by atoms with van der Waals surface area (Å²) < 4.78 is 21.4. The molecule has 10 nitrogen and oxygen atoms in total. The van der Waals surface area contributed by atoms with Crippen LogP contribution in [0.1, 0.15) is 19.3 Å². The van der Waals surface area contributed by atoms with Crippen LogP contribution in [0.3, 0.4) is 0 Å². The Bertz CT molecular complexity index is 354. The van der Waals surface area contributed by atoms with E-state index in [0.29, 0.717) is 6.42 Å². The first-order chi connectivity index (χ1) is 8.01. The molecule has 0 bridgehead atoms. The summed E-state index contributed by atoms with van der Waals surface area (Å²) in [6.45, 7) is 0.234. The Morgan fingerprint density at radius 3 is 1.83 bits per heavy atom. The predicted molar refractivity (Wildman–Crippen MR) is 60.3 cm³/mol. The Morgan fingerprint density at radius 1 is 1.11 bits per heavy atom. The Morgan fingerprint density at radius 2 is 1.56 bits per heavy atom. The van der Waals surface area contributed by atoms with Crippen molar-refractivity contribution in [2.24, 2.45) is 5.73 Å². The van der Waals surface area contributed by atoms with Crippen LogP contribution in [0.5, 0.6) is 0 Å². The van der Waals surface area contributed by atoms with Gasteiger partial charge in [-0.05, 0) is 19.4 Å². The highest BCUT2D eigenvalue weighted by Gasteiger charge is 2.47. The Balaban J connectivity index is 5.20. The van der Waals surface area contributed by atoms with E-state index >= 15 is 0 Å². The molecule has 0 saturated carbocycles. The molecule has 0 aliphatic rings. The van der Waals surface area contributed by atoms with Crippen LogP contribution in [-0.4, -0.2) is 47.7 Å². The van der Waals surface area contributed by atoms with Gasteiger partial charge in [0.2, 0.25) is 0 Å². The van der Waals surface area contributed by atoms with Gasteiger partial charge in [0.15, 0.2) is 0 Å². The number of nitrogens with two attached hydrogens (primary N) is 1. The second-order valence-electron chi connectivity index (χ2n) is 3.49. The molecule has 0 aromatic heterocycles. The molecule has 108 valence electrons. The molecule has 0 unspecified atom stereocenters. The van der Waals surface area contributed by atoms with Crippen LogP contribution in [0.4, 0.5) is 0 Å². The first-order valence-corrected chi connectivity index (χ1v) is 7.99. The summed E-state index contributed by atoms with van der Waals surface area (Å²) in [5.74, 6) is -1.72. The lowest BCUT2D eigenvalue weighted by Crippen LogP contribution is -2.36. The first-order valence-electron chi connectivity index (χ1n) is 4.86. The maximum Gasteiger partial charge on any atom is 0.413 e. The van der Waals surface area contributed by atoms with Crippen LogP contribution < -0.4 is 5.73 Å². The zero-order valence-electron chi connectivity index (χ0n) is 9.29. The van der Waals surface area contributed by atoms with E-state index in [9.17, 15) is 13.9 Å². The van der Waals surface area contributed by atoms with Gasteiger partial charge in [-0.15, -0.1) is 0 Å². The fourth-order valence-electron chi connectivity index (χ4n) is 1.33. The van der Waals surface area contributed by atoms with Gasteiger partial charge in [-0.25, -0.2) is 9.13 Å². The Kier molecular flexibility index (Phi) is 6.62. The lowest BCUT2D eigenvalue weighted by Gasteiger charge is -2.28. The van der Waals surface area contributed by atoms with Gasteiger partial charge in [0.25, 0.3) is 0 Å². The molecule has 0 aliphatic carbocycles. The molecule has 0 rings (SSSR count). The third kappa shape index (κ3) is 5.55. The summed E-state index contributed by atoms with van der Waals surface area (Å²) in [6.07, 6.45) is 0.215. The largest absolute Gasteiger partial charge is 0.480 e. The smallest absolute Gasteiger partial charge is 0.413 e. The van der Waals surface area contributed by atoms with Crippen LogP contribution in [0.15, 0.2) is 0 Å². The molecule has 0 aromatic carbocycles. The van der Waals surface area contributed by atoms with Gasteiger partial charge < -0.3 is 30.4 Å². The molecular weight excluding hydrogens is 290 g/mol. The summed E-state index contributed by atoms with van der Waals surface area (Å²) in [4.78, 5) is 46.3. The van der Waals surface area contributed by atoms with E-state index < -0.39 is 31.9 Å². The zero-order valence-corrected chi connectivity index (χ0v) is 11.1. The van der Waals surface area contributed by atoms with E-state index in [1.807, 2.05) is 0 Å². The van der Waals surface area contributed by atoms with Crippen LogP contribution in [0, 0.1) is 0 Å². The van der Waals surface area contributed by atoms with Gasteiger partial charge in [-0.1, -0.05) is 10.9 Å². The summed E-state index contributed by atoms with van der Waals surface area (Å²) in [5, 5.41) is 8.81. The summed E-state index contributed by atoms with van der Waals surface area (Å²) in [6, 6.07) is -1.97. The van der Waals surface area contributed by atoms with E-state index in [1.165, 1.54) is 0 Å². The van der Waals surface area contributed by atoms with E-state index in [2.05, 4.69) is 0 Å². The Hall–Kier alpha value is -0.310. The number of carboxylic acid groups (broad SMARTS) is 1. The van der Waals surface area contributed by atoms with Crippen molar-refractivity contribution < 1.29 is 38.6 Å². The van der Waals surface area contributed by atoms with Crippen LogP contribution in [0.2, 0.25) is 0 Å². The van der Waals surface area contributed by atoms with Crippen LogP contribution in [-0.2, 0) is 13.9 Å². The van der Waals surface area contributed by atoms with E-state index in [4.69, 9.17) is 30.4 Å². The van der Waals surface area contributed by atoms with Gasteiger partial charge in [0.05, 0.1) is 0 Å². The number of hydrogen-bond donors (Lipinski definition) is 6. The lowest BCUT2D eigenvalue weighted by atomic mass is 10.1. The van der Waals surface area contributed by atoms with Gasteiger partial charge in [-0.2, -0.15) is 0 Å². The van der Waals surface area contributed by atoms with Crippen molar-refractivity contribution in [3.8, 4) is 0 Å². The molecule has 0 spiro atoms. The number of carboxylic acids is 1. The molecule has 0 aliphatic heterocycles. The third-order valence-electron chi connectivity index (χ3n) is 2.03. The van der Waals surface area contributed by atoms with Crippen molar-refractivity contribution >= 4 is 21.5 Å². The average molecular weight is 306 g/mol. The molecule has 0 heterocycles. The van der Waals surface area contributed by atoms with Gasteiger partial charge >= 0.3 is 21.5 Å². The number of rotatable bonds is 8. The van der Waals surface area contributed by atoms with E-state index in [-0.39, 0.29) is 19.4 Å². The minimum Gasteiger partial charge on any atom is -0.480 e. The molecule has 12 heteroatoms. The highest BCUT2D eigenvalue weighted by Crippen LogP contribution is 2.59. The van der Waals surface area contributed by atoms with Crippen LogP contribution in [0.25, 0.3) is 0 Å². The number of aliphatic carboxylic acids is 1. The van der Waals surface area contributed by atoms with Gasteiger partial charge in [0, 0.05) is 0 Å². The monoisotopic (exact) mass is 306 g/mol. The molecule has 1 atom stereocenters. The molecular formula is C6H16N2O8P2. The predicted octanol–water partition coefficient (Wildman–Crippen LogP) is -0.944. The quantitative estimate of drug-likeness (QED) is 0.241. The zero-order chi connectivity index (χ0) is 14.6. The van der Waals surface area contributed by atoms with Gasteiger partial charge in [0.1, 0.15) is 6.04 Å². The van der Waals surface area contributed by atoms with E-state index in [0.717, 1.165) is 0 Å². The standard InChI is InChI=1S/C6H16N2O8P2/c7-4-2-1-3-5(6(9)10)8(17(11,12)13)18(14,15)16/h5H,1-4,7H2,(H,9,10)(H2,11,12,13)(H2,14,15,16)/t5-/m0/s1. The summed E-state index contributed by atoms with van der Waals surface area (Å²) >= 11 is 0.